The van der Waals surface area contributed by atoms with Crippen molar-refractivity contribution in [3.05, 3.63) is 58.3 Å². The highest BCUT2D eigenvalue weighted by Gasteiger charge is 2.16. The van der Waals surface area contributed by atoms with E-state index in [0.29, 0.717) is 18.5 Å². The summed E-state index contributed by atoms with van der Waals surface area (Å²) >= 11 is 1.78. The Kier molecular flexibility index (Phi) is 4.93. The predicted molar refractivity (Wildman–Crippen MR) is 78.9 cm³/mol. The Labute approximate surface area is 113 Å². The van der Waals surface area contributed by atoms with Crippen molar-refractivity contribution in [1.82, 2.24) is 5.32 Å². The minimum atomic E-state index is 0.314. The quantitative estimate of drug-likeness (QED) is 0.838. The van der Waals surface area contributed by atoms with E-state index in [-0.39, 0.29) is 0 Å². The number of thiophene rings is 1. The fourth-order valence-electron chi connectivity index (χ4n) is 2.10. The number of hydrogen-bond donors (Lipinski definition) is 2. The molecule has 0 aliphatic heterocycles. The van der Waals surface area contributed by atoms with Crippen LogP contribution in [0.15, 0.2) is 47.8 Å². The van der Waals surface area contributed by atoms with Gasteiger partial charge < -0.3 is 11.1 Å². The van der Waals surface area contributed by atoms with Crippen LogP contribution in [0.5, 0.6) is 0 Å². The number of rotatable bonds is 6. The second kappa shape index (κ2) is 6.69. The van der Waals surface area contributed by atoms with Gasteiger partial charge in [-0.2, -0.15) is 0 Å². The molecule has 1 aromatic carbocycles. The fourth-order valence-corrected chi connectivity index (χ4v) is 2.75. The first-order chi connectivity index (χ1) is 8.81. The standard InChI is InChI=1S/C15H20N2S/c1-12(13-6-3-2-4-7-13)15(10-16)17-11-14-8-5-9-18-14/h2-9,12,15,17H,10-11,16H2,1H3. The molecule has 0 aliphatic carbocycles. The van der Waals surface area contributed by atoms with Gasteiger partial charge in [-0.15, -0.1) is 11.3 Å². The maximum Gasteiger partial charge on any atom is 0.0303 e. The van der Waals surface area contributed by atoms with Crippen LogP contribution in [0, 0.1) is 0 Å². The lowest BCUT2D eigenvalue weighted by Crippen LogP contribution is -2.39. The Morgan fingerprint density at radius 1 is 1.17 bits per heavy atom. The lowest BCUT2D eigenvalue weighted by molar-refractivity contribution is 0.457. The average Bonchev–Trinajstić information content (AvgIpc) is 2.93. The lowest BCUT2D eigenvalue weighted by atomic mass is 9.93. The highest BCUT2D eigenvalue weighted by atomic mass is 32.1. The lowest BCUT2D eigenvalue weighted by Gasteiger charge is -2.24. The highest BCUT2D eigenvalue weighted by Crippen LogP contribution is 2.19. The van der Waals surface area contributed by atoms with Crippen molar-refractivity contribution in [2.45, 2.75) is 25.4 Å². The molecule has 0 saturated carbocycles. The van der Waals surface area contributed by atoms with E-state index >= 15 is 0 Å². The largest absolute Gasteiger partial charge is 0.329 e. The summed E-state index contributed by atoms with van der Waals surface area (Å²) in [6.45, 7) is 3.78. The summed E-state index contributed by atoms with van der Waals surface area (Å²) in [7, 11) is 0. The minimum absolute atomic E-state index is 0.314. The zero-order chi connectivity index (χ0) is 12.8. The van der Waals surface area contributed by atoms with E-state index in [1.165, 1.54) is 10.4 Å². The summed E-state index contributed by atoms with van der Waals surface area (Å²) in [4.78, 5) is 1.36. The van der Waals surface area contributed by atoms with Crippen LogP contribution in [0.25, 0.3) is 0 Å². The molecule has 2 rings (SSSR count). The van der Waals surface area contributed by atoms with E-state index in [4.69, 9.17) is 5.73 Å². The van der Waals surface area contributed by atoms with Gasteiger partial charge in [-0.25, -0.2) is 0 Å². The molecule has 3 N–H and O–H groups in total. The molecule has 0 spiro atoms. The van der Waals surface area contributed by atoms with Crippen molar-refractivity contribution in [3.63, 3.8) is 0 Å². The molecule has 1 aromatic heterocycles. The van der Waals surface area contributed by atoms with Gasteiger partial charge in [-0.3, -0.25) is 0 Å². The summed E-state index contributed by atoms with van der Waals surface area (Å²) < 4.78 is 0. The Morgan fingerprint density at radius 2 is 1.94 bits per heavy atom. The van der Waals surface area contributed by atoms with Gasteiger partial charge in [0, 0.05) is 24.0 Å². The molecule has 0 bridgehead atoms. The van der Waals surface area contributed by atoms with Crippen LogP contribution >= 0.6 is 11.3 Å². The minimum Gasteiger partial charge on any atom is -0.329 e. The van der Waals surface area contributed by atoms with E-state index < -0.39 is 0 Å². The number of hydrogen-bond acceptors (Lipinski definition) is 3. The second-order valence-electron chi connectivity index (χ2n) is 4.50. The van der Waals surface area contributed by atoms with E-state index in [0.717, 1.165) is 6.54 Å². The van der Waals surface area contributed by atoms with Crippen molar-refractivity contribution in [3.8, 4) is 0 Å². The van der Waals surface area contributed by atoms with Crippen molar-refractivity contribution in [2.24, 2.45) is 5.73 Å². The molecule has 2 nitrogen and oxygen atoms in total. The van der Waals surface area contributed by atoms with Crippen LogP contribution in [0.4, 0.5) is 0 Å². The van der Waals surface area contributed by atoms with E-state index in [1.807, 2.05) is 6.07 Å². The van der Waals surface area contributed by atoms with Crippen LogP contribution in [0.2, 0.25) is 0 Å². The summed E-state index contributed by atoms with van der Waals surface area (Å²) in [5, 5.41) is 5.66. The first-order valence-electron chi connectivity index (χ1n) is 6.32. The van der Waals surface area contributed by atoms with Gasteiger partial charge in [0.1, 0.15) is 0 Å². The van der Waals surface area contributed by atoms with Gasteiger partial charge in [0.2, 0.25) is 0 Å². The van der Waals surface area contributed by atoms with Crippen LogP contribution in [0.1, 0.15) is 23.3 Å². The third-order valence-electron chi connectivity index (χ3n) is 3.30. The van der Waals surface area contributed by atoms with Gasteiger partial charge in [-0.05, 0) is 22.9 Å². The smallest absolute Gasteiger partial charge is 0.0303 e. The first kappa shape index (κ1) is 13.3. The monoisotopic (exact) mass is 260 g/mol. The molecule has 0 radical (unpaired) electrons. The van der Waals surface area contributed by atoms with Crippen LogP contribution in [-0.4, -0.2) is 12.6 Å². The molecule has 2 unspecified atom stereocenters. The van der Waals surface area contributed by atoms with Gasteiger partial charge in [0.25, 0.3) is 0 Å². The van der Waals surface area contributed by atoms with Crippen LogP contribution in [0.3, 0.4) is 0 Å². The summed E-state index contributed by atoms with van der Waals surface area (Å²) in [6, 6.07) is 15.1. The summed E-state index contributed by atoms with van der Waals surface area (Å²) in [5.74, 6) is 0.427. The second-order valence-corrected chi connectivity index (χ2v) is 5.53. The van der Waals surface area contributed by atoms with Crippen molar-refractivity contribution in [1.29, 1.82) is 0 Å². The number of benzene rings is 1. The Hall–Kier alpha value is -1.16. The molecule has 0 saturated heterocycles. The topological polar surface area (TPSA) is 38.0 Å². The third-order valence-corrected chi connectivity index (χ3v) is 4.18. The molecule has 2 atom stereocenters. The van der Waals surface area contributed by atoms with Crippen molar-refractivity contribution < 1.29 is 0 Å². The zero-order valence-corrected chi connectivity index (χ0v) is 11.5. The SMILES string of the molecule is CC(c1ccccc1)C(CN)NCc1cccs1. The molecular formula is C15H20N2S. The Morgan fingerprint density at radius 3 is 2.56 bits per heavy atom. The normalized spacial score (nSPS) is 14.3. The first-order valence-corrected chi connectivity index (χ1v) is 7.20. The maximum absolute atomic E-state index is 5.89. The molecule has 0 amide bonds. The summed E-state index contributed by atoms with van der Waals surface area (Å²) in [6.07, 6.45) is 0. The maximum atomic E-state index is 5.89. The molecule has 18 heavy (non-hydrogen) atoms. The third kappa shape index (κ3) is 3.42. The zero-order valence-electron chi connectivity index (χ0n) is 10.7. The molecule has 1 heterocycles. The predicted octanol–water partition coefficient (Wildman–Crippen LogP) is 2.97. The average molecular weight is 260 g/mol. The molecule has 3 heteroatoms. The molecular weight excluding hydrogens is 240 g/mol. The molecule has 96 valence electrons. The van der Waals surface area contributed by atoms with Crippen LogP contribution in [-0.2, 0) is 6.54 Å². The van der Waals surface area contributed by atoms with Crippen molar-refractivity contribution in [2.75, 3.05) is 6.54 Å². The van der Waals surface area contributed by atoms with E-state index in [1.54, 1.807) is 11.3 Å². The molecule has 0 fully saturated rings. The molecule has 0 aliphatic rings. The van der Waals surface area contributed by atoms with Gasteiger partial charge in [0.15, 0.2) is 0 Å². The Balaban J connectivity index is 1.96. The molecule has 2 aromatic rings. The van der Waals surface area contributed by atoms with Gasteiger partial charge in [0.05, 0.1) is 0 Å². The van der Waals surface area contributed by atoms with Crippen LogP contribution < -0.4 is 11.1 Å². The fraction of sp³-hybridized carbons (Fsp3) is 0.333. The van der Waals surface area contributed by atoms with E-state index in [2.05, 4.69) is 54.0 Å². The number of nitrogens with one attached hydrogen (secondary N) is 1. The van der Waals surface area contributed by atoms with Crippen molar-refractivity contribution >= 4 is 11.3 Å². The summed E-state index contributed by atoms with van der Waals surface area (Å²) in [5.41, 5.74) is 7.23. The number of nitrogens with two attached hydrogens (primary N) is 1. The van der Waals surface area contributed by atoms with Gasteiger partial charge >= 0.3 is 0 Å². The van der Waals surface area contributed by atoms with Gasteiger partial charge in [-0.1, -0.05) is 43.3 Å². The van der Waals surface area contributed by atoms with E-state index in [9.17, 15) is 0 Å². The highest BCUT2D eigenvalue weighted by molar-refractivity contribution is 7.09. The Bertz CT molecular complexity index is 439.